The van der Waals surface area contributed by atoms with E-state index < -0.39 is 17.0 Å². The van der Waals surface area contributed by atoms with Crippen LogP contribution in [-0.4, -0.2) is 34.7 Å². The van der Waals surface area contributed by atoms with Gasteiger partial charge in [-0.3, -0.25) is 14.5 Å². The fourth-order valence-corrected chi connectivity index (χ4v) is 2.48. The van der Waals surface area contributed by atoms with Gasteiger partial charge in [-0.25, -0.2) is 4.79 Å². The number of urea groups is 1. The number of carbonyl (C=O) groups excluding carboxylic acids is 3. The zero-order valence-corrected chi connectivity index (χ0v) is 14.2. The Morgan fingerprint density at radius 2 is 1.78 bits per heavy atom. The molecule has 0 saturated carbocycles. The molecule has 3 amide bonds. The minimum Gasteiger partial charge on any atom is -0.323 e. The molecule has 1 aromatic rings. The summed E-state index contributed by atoms with van der Waals surface area (Å²) in [5.74, 6) is -0.454. The summed E-state index contributed by atoms with van der Waals surface area (Å²) in [4.78, 5) is 37.9. The number of aryl methyl sites for hydroxylation is 1. The number of Topliss-reactive ketones (excluding diaryl/α,β-unsaturated/α-hetero) is 1. The van der Waals surface area contributed by atoms with Crippen molar-refractivity contribution in [3.63, 3.8) is 0 Å². The van der Waals surface area contributed by atoms with Crippen molar-refractivity contribution < 1.29 is 14.4 Å². The number of nitrogens with one attached hydrogen (secondary N) is 1. The molecule has 1 aromatic carbocycles. The van der Waals surface area contributed by atoms with Gasteiger partial charge in [0, 0.05) is 5.41 Å². The third kappa shape index (κ3) is 3.78. The van der Waals surface area contributed by atoms with Gasteiger partial charge in [0.1, 0.15) is 5.54 Å². The molecule has 5 nitrogen and oxygen atoms in total. The predicted molar refractivity (Wildman–Crippen MR) is 87.9 cm³/mol. The molecule has 1 fully saturated rings. The Kier molecular flexibility index (Phi) is 4.59. The van der Waals surface area contributed by atoms with E-state index in [1.54, 1.807) is 27.7 Å². The van der Waals surface area contributed by atoms with Crippen molar-refractivity contribution in [1.82, 2.24) is 10.2 Å². The van der Waals surface area contributed by atoms with E-state index in [4.69, 9.17) is 0 Å². The second-order valence-electron chi connectivity index (χ2n) is 7.31. The van der Waals surface area contributed by atoms with E-state index in [9.17, 15) is 14.4 Å². The molecule has 2 rings (SSSR count). The van der Waals surface area contributed by atoms with Crippen LogP contribution in [0.5, 0.6) is 0 Å². The van der Waals surface area contributed by atoms with Crippen LogP contribution in [0.2, 0.25) is 0 Å². The van der Waals surface area contributed by atoms with Crippen LogP contribution >= 0.6 is 0 Å². The van der Waals surface area contributed by atoms with Crippen LogP contribution in [0.3, 0.4) is 0 Å². The van der Waals surface area contributed by atoms with Crippen LogP contribution in [0.15, 0.2) is 30.3 Å². The summed E-state index contributed by atoms with van der Waals surface area (Å²) >= 11 is 0. The molecule has 1 atom stereocenters. The smallest absolute Gasteiger partial charge is 0.323 e. The maximum atomic E-state index is 12.6. The molecule has 0 aliphatic carbocycles. The van der Waals surface area contributed by atoms with Crippen LogP contribution in [0.4, 0.5) is 4.79 Å². The SMILES string of the molecule is CC(C)(C)C(=O)CN1C(=O)N[C@](C)(CCc2ccccc2)C1=O. The normalized spacial score (nSPS) is 21.5. The van der Waals surface area contributed by atoms with E-state index in [0.717, 1.165) is 10.5 Å². The molecule has 1 aliphatic heterocycles. The fourth-order valence-electron chi connectivity index (χ4n) is 2.48. The number of benzene rings is 1. The fraction of sp³-hybridized carbons (Fsp3) is 0.500. The molecule has 124 valence electrons. The summed E-state index contributed by atoms with van der Waals surface area (Å²) in [7, 11) is 0. The lowest BCUT2D eigenvalue weighted by Gasteiger charge is -2.23. The van der Waals surface area contributed by atoms with Crippen molar-refractivity contribution >= 4 is 17.7 Å². The first-order valence-corrected chi connectivity index (χ1v) is 7.85. The van der Waals surface area contributed by atoms with Crippen molar-refractivity contribution in [2.24, 2.45) is 5.41 Å². The maximum Gasteiger partial charge on any atom is 0.325 e. The van der Waals surface area contributed by atoms with Crippen LogP contribution in [-0.2, 0) is 16.0 Å². The third-order valence-corrected chi connectivity index (χ3v) is 4.24. The monoisotopic (exact) mass is 316 g/mol. The molecule has 1 aliphatic rings. The Labute approximate surface area is 137 Å². The van der Waals surface area contributed by atoms with Gasteiger partial charge in [0.2, 0.25) is 0 Å². The minimum absolute atomic E-state index is 0.131. The molecule has 1 N–H and O–H groups in total. The summed E-state index contributed by atoms with van der Waals surface area (Å²) < 4.78 is 0. The number of amides is 3. The molecule has 1 heterocycles. The lowest BCUT2D eigenvalue weighted by Crippen LogP contribution is -2.45. The predicted octanol–water partition coefficient (Wildman–Crippen LogP) is 2.54. The van der Waals surface area contributed by atoms with E-state index >= 15 is 0 Å². The largest absolute Gasteiger partial charge is 0.325 e. The Morgan fingerprint density at radius 1 is 1.17 bits per heavy atom. The summed E-state index contributed by atoms with van der Waals surface area (Å²) in [6.07, 6.45) is 1.19. The number of nitrogens with zero attached hydrogens (tertiary/aromatic N) is 1. The van der Waals surface area contributed by atoms with Gasteiger partial charge in [-0.2, -0.15) is 0 Å². The molecule has 0 spiro atoms. The summed E-state index contributed by atoms with van der Waals surface area (Å²) in [6, 6.07) is 9.33. The minimum atomic E-state index is -0.953. The molecule has 0 bridgehead atoms. The number of ketones is 1. The lowest BCUT2D eigenvalue weighted by atomic mass is 9.90. The van der Waals surface area contributed by atoms with E-state index in [1.165, 1.54) is 0 Å². The zero-order chi connectivity index (χ0) is 17.3. The first-order chi connectivity index (χ1) is 10.6. The van der Waals surface area contributed by atoms with Gasteiger partial charge in [0.25, 0.3) is 5.91 Å². The van der Waals surface area contributed by atoms with E-state index in [0.29, 0.717) is 12.8 Å². The van der Waals surface area contributed by atoms with E-state index in [2.05, 4.69) is 5.32 Å². The molecule has 0 radical (unpaired) electrons. The standard InChI is InChI=1S/C18H24N2O3/c1-17(2,3)14(21)12-20-15(22)18(4,19-16(20)23)11-10-13-8-6-5-7-9-13/h5-9H,10-12H2,1-4H3,(H,19,23)/t18-/m1/s1. The summed E-state index contributed by atoms with van der Waals surface area (Å²) in [5.41, 5.74) is -0.422. The molecule has 1 saturated heterocycles. The Hall–Kier alpha value is -2.17. The molecule has 0 unspecified atom stereocenters. The highest BCUT2D eigenvalue weighted by Gasteiger charge is 2.48. The Bertz CT molecular complexity index is 619. The zero-order valence-electron chi connectivity index (χ0n) is 14.2. The van der Waals surface area contributed by atoms with Gasteiger partial charge < -0.3 is 5.32 Å². The number of carbonyl (C=O) groups is 3. The highest BCUT2D eigenvalue weighted by molar-refractivity contribution is 6.09. The van der Waals surface area contributed by atoms with Gasteiger partial charge in [-0.1, -0.05) is 51.1 Å². The van der Waals surface area contributed by atoms with E-state index in [-0.39, 0.29) is 18.2 Å². The third-order valence-electron chi connectivity index (χ3n) is 4.24. The first kappa shape index (κ1) is 17.2. The second kappa shape index (κ2) is 6.14. The van der Waals surface area contributed by atoms with Crippen LogP contribution in [0, 0.1) is 5.41 Å². The Balaban J connectivity index is 2.06. The number of imide groups is 1. The highest BCUT2D eigenvalue weighted by Crippen LogP contribution is 2.25. The molecular formula is C18H24N2O3. The molecule has 23 heavy (non-hydrogen) atoms. The number of hydrogen-bond acceptors (Lipinski definition) is 3. The van der Waals surface area contributed by atoms with Crippen molar-refractivity contribution in [2.45, 2.75) is 46.1 Å². The van der Waals surface area contributed by atoms with Gasteiger partial charge >= 0.3 is 6.03 Å². The maximum absolute atomic E-state index is 12.6. The Morgan fingerprint density at radius 3 is 2.35 bits per heavy atom. The quantitative estimate of drug-likeness (QED) is 0.849. The van der Waals surface area contributed by atoms with Crippen LogP contribution in [0.25, 0.3) is 0 Å². The molecule has 5 heteroatoms. The average Bonchev–Trinajstić information content (AvgIpc) is 2.69. The van der Waals surface area contributed by atoms with Gasteiger partial charge in [0.15, 0.2) is 5.78 Å². The van der Waals surface area contributed by atoms with Gasteiger partial charge in [0.05, 0.1) is 6.54 Å². The van der Waals surface area contributed by atoms with Gasteiger partial charge in [-0.15, -0.1) is 0 Å². The van der Waals surface area contributed by atoms with Crippen molar-refractivity contribution in [3.05, 3.63) is 35.9 Å². The van der Waals surface area contributed by atoms with Gasteiger partial charge in [-0.05, 0) is 25.3 Å². The number of rotatable bonds is 5. The van der Waals surface area contributed by atoms with E-state index in [1.807, 2.05) is 30.3 Å². The topological polar surface area (TPSA) is 66.5 Å². The highest BCUT2D eigenvalue weighted by atomic mass is 16.2. The number of hydrogen-bond donors (Lipinski definition) is 1. The van der Waals surface area contributed by atoms with Crippen molar-refractivity contribution in [2.75, 3.05) is 6.54 Å². The molecular weight excluding hydrogens is 292 g/mol. The second-order valence-corrected chi connectivity index (χ2v) is 7.31. The summed E-state index contributed by atoms with van der Waals surface area (Å²) in [5, 5.41) is 2.74. The van der Waals surface area contributed by atoms with Crippen LogP contribution < -0.4 is 5.32 Å². The van der Waals surface area contributed by atoms with Crippen LogP contribution in [0.1, 0.15) is 39.7 Å². The average molecular weight is 316 g/mol. The van der Waals surface area contributed by atoms with Crippen molar-refractivity contribution in [3.8, 4) is 0 Å². The lowest BCUT2D eigenvalue weighted by molar-refractivity contribution is -0.136. The first-order valence-electron chi connectivity index (χ1n) is 7.85. The molecule has 0 aromatic heterocycles. The summed E-state index contributed by atoms with van der Waals surface area (Å²) in [6.45, 7) is 6.89. The van der Waals surface area contributed by atoms with Crippen molar-refractivity contribution in [1.29, 1.82) is 0 Å².